The minimum absolute atomic E-state index is 0.0386. The molecule has 258 valence electrons. The number of hydrogen-bond acceptors (Lipinski definition) is 4. The average molecular weight is 709 g/mol. The molecule has 0 unspecified atom stereocenters. The number of pyridine rings is 1. The minimum Gasteiger partial charge on any atom is -0.438 e. The van der Waals surface area contributed by atoms with Gasteiger partial charge in [0.05, 0.1) is 21.3 Å². The highest BCUT2D eigenvalue weighted by Crippen LogP contribution is 2.55. The lowest BCUT2D eigenvalue weighted by atomic mass is 9.61. The third-order valence-corrected chi connectivity index (χ3v) is 12.4. The van der Waals surface area contributed by atoms with Crippen molar-refractivity contribution < 1.29 is 19.8 Å². The van der Waals surface area contributed by atoms with Crippen LogP contribution in [0.5, 0.6) is 11.6 Å². The molecule has 5 heteroatoms. The Morgan fingerprint density at radius 3 is 2.15 bits per heavy atom. The Balaban J connectivity index is 1.36. The van der Waals surface area contributed by atoms with Crippen molar-refractivity contribution in [2.24, 2.45) is 0 Å². The number of ether oxygens (including phenoxy) is 1. The number of rotatable bonds is 4. The molecule has 0 radical (unpaired) electrons. The molecule has 0 bridgehead atoms. The summed E-state index contributed by atoms with van der Waals surface area (Å²) in [5, 5.41) is 0. The predicted octanol–water partition coefficient (Wildman–Crippen LogP) is 12.9. The molecule has 0 saturated heterocycles. The van der Waals surface area contributed by atoms with Gasteiger partial charge in [0.15, 0.2) is 4.96 Å². The molecule has 52 heavy (non-hydrogen) atoms. The van der Waals surface area contributed by atoms with Crippen LogP contribution in [0.15, 0.2) is 103 Å². The molecule has 0 saturated carbocycles. The van der Waals surface area contributed by atoms with Crippen LogP contribution in [0.2, 0.25) is 0 Å². The first-order valence-electron chi connectivity index (χ1n) is 22.7. The van der Waals surface area contributed by atoms with Crippen LogP contribution in [-0.2, 0) is 17.2 Å². The second-order valence-corrected chi connectivity index (χ2v) is 15.5. The zero-order valence-electron chi connectivity index (χ0n) is 40.5. The molecule has 5 aromatic carbocycles. The zero-order chi connectivity index (χ0) is 45.4. The van der Waals surface area contributed by atoms with Crippen LogP contribution in [-0.4, -0.2) is 14.4 Å². The number of para-hydroxylation sites is 2. The van der Waals surface area contributed by atoms with Crippen molar-refractivity contribution in [2.75, 3.05) is 0 Å². The lowest BCUT2D eigenvalue weighted by molar-refractivity contribution is 0.305. The first-order valence-corrected chi connectivity index (χ1v) is 18.1. The first kappa shape index (κ1) is 22.6. The van der Waals surface area contributed by atoms with Gasteiger partial charge in [0, 0.05) is 54.4 Å². The standard InChI is InChI=1S/C47H43N3OS/c1-9-30-21-23-39-43(52-45-49-37-14-10-11-15-38(37)50(39)45)41(30)32-20-17-28(3)34(26-32)33-25-31(19-16-27(33)2)40-29(4)18-22-35-42(40)51-44-36(13-12-24-48-44)47(7,8)46(35,5)6/h10-26H,9H2,1-8H3/i2D3,3D3,4D3,9D2. The molecule has 4 nitrogen and oxygen atoms in total. The van der Waals surface area contributed by atoms with Gasteiger partial charge in [-0.15, -0.1) is 0 Å². The quantitative estimate of drug-likeness (QED) is 0.183. The normalized spacial score (nSPS) is 18.8. The smallest absolute Gasteiger partial charge is 0.223 e. The highest BCUT2D eigenvalue weighted by molar-refractivity contribution is 7.24. The van der Waals surface area contributed by atoms with E-state index in [2.05, 4.69) is 32.7 Å². The first-order chi connectivity index (χ1) is 29.3. The van der Waals surface area contributed by atoms with Gasteiger partial charge in [-0.2, -0.15) is 0 Å². The van der Waals surface area contributed by atoms with Gasteiger partial charge in [0.25, 0.3) is 0 Å². The van der Waals surface area contributed by atoms with Crippen LogP contribution in [0.1, 0.15) is 83.1 Å². The van der Waals surface area contributed by atoms with Crippen molar-refractivity contribution in [3.63, 3.8) is 0 Å². The molecule has 3 aromatic heterocycles. The third kappa shape index (κ3) is 4.65. The maximum Gasteiger partial charge on any atom is 0.223 e. The molecule has 1 aliphatic rings. The number of aryl methyl sites for hydroxylation is 4. The van der Waals surface area contributed by atoms with Crippen LogP contribution in [0.3, 0.4) is 0 Å². The molecule has 4 heterocycles. The van der Waals surface area contributed by atoms with Crippen molar-refractivity contribution in [1.29, 1.82) is 0 Å². The summed E-state index contributed by atoms with van der Waals surface area (Å²) in [6.45, 7) is 1.64. The van der Waals surface area contributed by atoms with Crippen LogP contribution in [0.25, 0.3) is 59.6 Å². The van der Waals surface area contributed by atoms with Crippen LogP contribution in [0, 0.1) is 20.6 Å². The summed E-state index contributed by atoms with van der Waals surface area (Å²) < 4.78 is 106. The highest BCUT2D eigenvalue weighted by Gasteiger charge is 2.46. The van der Waals surface area contributed by atoms with Gasteiger partial charge in [-0.25, -0.2) is 9.97 Å². The Morgan fingerprint density at radius 2 is 1.42 bits per heavy atom. The van der Waals surface area contributed by atoms with E-state index in [9.17, 15) is 0 Å². The number of thiazole rings is 1. The highest BCUT2D eigenvalue weighted by atomic mass is 32.1. The number of fused-ring (bicyclic) bond motifs is 7. The maximum atomic E-state index is 8.95. The summed E-state index contributed by atoms with van der Waals surface area (Å²) in [6.07, 6.45) is -0.240. The number of imidazole rings is 1. The number of benzene rings is 5. The Labute approximate surface area is 325 Å². The summed E-state index contributed by atoms with van der Waals surface area (Å²) in [5.41, 5.74) is 4.46. The van der Waals surface area contributed by atoms with Crippen LogP contribution < -0.4 is 4.74 Å². The number of hydrogen-bond donors (Lipinski definition) is 0. The van der Waals surface area contributed by atoms with Gasteiger partial charge < -0.3 is 4.74 Å². The SMILES string of the molecule is [2H]C([2H])([2H])c1ccc(-c2c(C([2H])([2H])[2H])ccc3c2Oc2ncccc2C(C)(C)C3(C)C)cc1-c1cc(-c2c(C([2H])([2H])C)ccc3c2sc2nc4ccccc4n23)ccc1C([2H])([2H])[2H]. The fraction of sp³-hybridized carbons (Fsp3) is 0.234. The van der Waals surface area contributed by atoms with Crippen molar-refractivity contribution in [1.82, 2.24) is 14.4 Å². The van der Waals surface area contributed by atoms with Gasteiger partial charge in [0.1, 0.15) is 5.75 Å². The van der Waals surface area contributed by atoms with E-state index in [1.165, 1.54) is 30.4 Å². The molecule has 0 amide bonds. The molecule has 0 spiro atoms. The van der Waals surface area contributed by atoms with Crippen molar-refractivity contribution >= 4 is 37.5 Å². The van der Waals surface area contributed by atoms with Gasteiger partial charge in [0.2, 0.25) is 5.88 Å². The monoisotopic (exact) mass is 708 g/mol. The Hall–Kier alpha value is -5.26. The van der Waals surface area contributed by atoms with E-state index >= 15 is 0 Å². The summed E-state index contributed by atoms with van der Waals surface area (Å²) in [7, 11) is 0. The molecular formula is C47H43N3OS. The minimum atomic E-state index is -2.74. The predicted molar refractivity (Wildman–Crippen MR) is 218 cm³/mol. The fourth-order valence-electron chi connectivity index (χ4n) is 7.77. The Kier molecular flexibility index (Phi) is 5.06. The topological polar surface area (TPSA) is 39.4 Å². The lowest BCUT2D eigenvalue weighted by Gasteiger charge is -2.41. The molecule has 0 N–H and O–H groups in total. The van der Waals surface area contributed by atoms with E-state index in [0.717, 1.165) is 26.8 Å². The Bertz CT molecular complexity index is 3170. The van der Waals surface area contributed by atoms with Gasteiger partial charge in [-0.3, -0.25) is 4.40 Å². The second-order valence-electron chi connectivity index (χ2n) is 14.5. The van der Waals surface area contributed by atoms with Crippen LogP contribution >= 0.6 is 11.3 Å². The third-order valence-electron chi connectivity index (χ3n) is 11.3. The molecule has 0 fully saturated rings. The molecular weight excluding hydrogens is 655 g/mol. The molecule has 1 aliphatic heterocycles. The summed E-state index contributed by atoms with van der Waals surface area (Å²) in [6, 6.07) is 27.7. The Morgan fingerprint density at radius 1 is 0.731 bits per heavy atom. The number of nitrogens with zero attached hydrogens (tertiary/aromatic N) is 3. The largest absolute Gasteiger partial charge is 0.438 e. The summed E-state index contributed by atoms with van der Waals surface area (Å²) in [4.78, 5) is 10.1. The van der Waals surface area contributed by atoms with Gasteiger partial charge >= 0.3 is 0 Å². The molecule has 0 atom stereocenters. The van der Waals surface area contributed by atoms with E-state index < -0.39 is 37.8 Å². The number of aromatic nitrogens is 3. The van der Waals surface area contributed by atoms with E-state index in [0.29, 0.717) is 38.7 Å². The van der Waals surface area contributed by atoms with E-state index in [1.54, 1.807) is 48.7 Å². The maximum absolute atomic E-state index is 8.95. The van der Waals surface area contributed by atoms with E-state index in [4.69, 9.17) is 24.8 Å². The molecule has 0 aliphatic carbocycles. The molecule has 9 rings (SSSR count). The van der Waals surface area contributed by atoms with Crippen molar-refractivity contribution in [3.05, 3.63) is 137 Å². The van der Waals surface area contributed by atoms with Crippen molar-refractivity contribution in [3.8, 4) is 45.0 Å². The fourth-order valence-corrected chi connectivity index (χ4v) is 8.98. The van der Waals surface area contributed by atoms with E-state index in [-0.39, 0.29) is 39.1 Å². The van der Waals surface area contributed by atoms with Crippen LogP contribution in [0.4, 0.5) is 0 Å². The molecule has 8 aromatic rings. The summed E-state index contributed by atoms with van der Waals surface area (Å²) in [5.74, 6) is 0.568. The van der Waals surface area contributed by atoms with Gasteiger partial charge in [-0.1, -0.05) is 107 Å². The average Bonchev–Trinajstić information content (AvgIpc) is 3.73. The second kappa shape index (κ2) is 11.6. The van der Waals surface area contributed by atoms with Crippen molar-refractivity contribution in [2.45, 2.75) is 72.4 Å². The summed E-state index contributed by atoms with van der Waals surface area (Å²) >= 11 is 1.38. The van der Waals surface area contributed by atoms with E-state index in [1.807, 2.05) is 46.9 Å². The lowest BCUT2D eigenvalue weighted by Crippen LogP contribution is -2.39. The zero-order valence-corrected chi connectivity index (χ0v) is 30.3. The van der Waals surface area contributed by atoms with Gasteiger partial charge in [-0.05, 0) is 108 Å².